The molecule has 112 valence electrons. The van der Waals surface area contributed by atoms with Crippen molar-refractivity contribution in [2.75, 3.05) is 12.8 Å². The molecule has 1 aromatic heterocycles. The predicted molar refractivity (Wildman–Crippen MR) is 79.6 cm³/mol. The van der Waals surface area contributed by atoms with Crippen molar-refractivity contribution in [2.24, 2.45) is 0 Å². The molecule has 7 heteroatoms. The van der Waals surface area contributed by atoms with Crippen LogP contribution in [0.15, 0.2) is 35.4 Å². The fourth-order valence-corrected chi connectivity index (χ4v) is 3.16. The van der Waals surface area contributed by atoms with Gasteiger partial charge in [-0.2, -0.15) is 0 Å². The van der Waals surface area contributed by atoms with E-state index in [0.717, 1.165) is 30.8 Å². The van der Waals surface area contributed by atoms with Crippen molar-refractivity contribution < 1.29 is 8.42 Å². The van der Waals surface area contributed by atoms with E-state index >= 15 is 0 Å². The normalized spacial score (nSPS) is 19.0. The average molecular weight is 306 g/mol. The van der Waals surface area contributed by atoms with E-state index in [1.807, 2.05) is 10.9 Å². The van der Waals surface area contributed by atoms with Crippen molar-refractivity contribution in [3.05, 3.63) is 30.5 Å². The lowest BCUT2D eigenvalue weighted by atomic mass is 10.2. The lowest BCUT2D eigenvalue weighted by Gasteiger charge is -2.08. The predicted octanol–water partition coefficient (Wildman–Crippen LogP) is 1.10. The Kier molecular flexibility index (Phi) is 3.77. The molecule has 0 saturated carbocycles. The van der Waals surface area contributed by atoms with Gasteiger partial charge in [-0.05, 0) is 31.5 Å². The second kappa shape index (κ2) is 5.57. The highest BCUT2D eigenvalue weighted by molar-refractivity contribution is 7.90. The lowest BCUT2D eigenvalue weighted by Crippen LogP contribution is -2.26. The maximum Gasteiger partial charge on any atom is 0.175 e. The summed E-state index contributed by atoms with van der Waals surface area (Å²) in [5, 5.41) is 11.7. The lowest BCUT2D eigenvalue weighted by molar-refractivity contribution is 0.466. The van der Waals surface area contributed by atoms with Crippen molar-refractivity contribution in [2.45, 2.75) is 30.3 Å². The number of nitrogens with zero attached hydrogens (tertiary/aromatic N) is 3. The van der Waals surface area contributed by atoms with Crippen molar-refractivity contribution in [3.8, 4) is 11.3 Å². The van der Waals surface area contributed by atoms with Gasteiger partial charge >= 0.3 is 0 Å². The second-order valence-electron chi connectivity index (χ2n) is 5.42. The molecular weight excluding hydrogens is 288 g/mol. The third-order valence-electron chi connectivity index (χ3n) is 3.69. The smallest absolute Gasteiger partial charge is 0.175 e. The third kappa shape index (κ3) is 3.30. The van der Waals surface area contributed by atoms with Crippen molar-refractivity contribution in [1.29, 1.82) is 0 Å². The van der Waals surface area contributed by atoms with E-state index in [1.165, 1.54) is 12.7 Å². The standard InChI is InChI=1S/C14H18N4O2S/c1-21(19,20)13-6-4-11(5-7-13)14-10-18(17-16-14)9-12-3-2-8-15-12/h4-7,10,12,15H,2-3,8-9H2,1H3. The van der Waals surface area contributed by atoms with Crippen LogP contribution in [0.3, 0.4) is 0 Å². The summed E-state index contributed by atoms with van der Waals surface area (Å²) >= 11 is 0. The highest BCUT2D eigenvalue weighted by Gasteiger charge is 2.15. The van der Waals surface area contributed by atoms with Crippen LogP contribution >= 0.6 is 0 Å². The Hall–Kier alpha value is -1.73. The molecule has 21 heavy (non-hydrogen) atoms. The van der Waals surface area contributed by atoms with E-state index in [2.05, 4.69) is 15.6 Å². The number of nitrogens with one attached hydrogen (secondary N) is 1. The fraction of sp³-hybridized carbons (Fsp3) is 0.429. The minimum absolute atomic E-state index is 0.314. The summed E-state index contributed by atoms with van der Waals surface area (Å²) in [6, 6.07) is 7.19. The van der Waals surface area contributed by atoms with E-state index in [9.17, 15) is 8.42 Å². The molecule has 1 aliphatic heterocycles. The van der Waals surface area contributed by atoms with Crippen LogP contribution in [0.4, 0.5) is 0 Å². The Morgan fingerprint density at radius 3 is 2.71 bits per heavy atom. The first-order valence-corrected chi connectivity index (χ1v) is 8.85. The summed E-state index contributed by atoms with van der Waals surface area (Å²) in [5.41, 5.74) is 1.63. The Balaban J connectivity index is 1.76. The number of hydrogen-bond acceptors (Lipinski definition) is 5. The largest absolute Gasteiger partial charge is 0.312 e. The number of sulfone groups is 1. The average Bonchev–Trinajstić information content (AvgIpc) is 3.10. The zero-order valence-corrected chi connectivity index (χ0v) is 12.7. The maximum atomic E-state index is 11.4. The molecule has 0 radical (unpaired) electrons. The van der Waals surface area contributed by atoms with Gasteiger partial charge in [-0.3, -0.25) is 4.68 Å². The first kappa shape index (κ1) is 14.2. The summed E-state index contributed by atoms with van der Waals surface area (Å²) in [4.78, 5) is 0.314. The molecule has 1 aliphatic rings. The van der Waals surface area contributed by atoms with Crippen LogP contribution in [-0.2, 0) is 16.4 Å². The van der Waals surface area contributed by atoms with E-state index in [4.69, 9.17) is 0 Å². The highest BCUT2D eigenvalue weighted by atomic mass is 32.2. The van der Waals surface area contributed by atoms with Crippen molar-refractivity contribution in [3.63, 3.8) is 0 Å². The van der Waals surface area contributed by atoms with Gasteiger partial charge in [0.05, 0.1) is 17.6 Å². The van der Waals surface area contributed by atoms with Gasteiger partial charge in [0.15, 0.2) is 9.84 Å². The van der Waals surface area contributed by atoms with Crippen LogP contribution in [0, 0.1) is 0 Å². The Morgan fingerprint density at radius 1 is 1.33 bits per heavy atom. The Labute approximate surface area is 124 Å². The van der Waals surface area contributed by atoms with Crippen LogP contribution in [0.1, 0.15) is 12.8 Å². The molecule has 2 aromatic rings. The van der Waals surface area contributed by atoms with Crippen LogP contribution in [-0.4, -0.2) is 42.3 Å². The molecule has 1 N–H and O–H groups in total. The number of aromatic nitrogens is 3. The fourth-order valence-electron chi connectivity index (χ4n) is 2.53. The zero-order valence-electron chi connectivity index (χ0n) is 11.9. The third-order valence-corrected chi connectivity index (χ3v) is 4.82. The van der Waals surface area contributed by atoms with Crippen LogP contribution in [0.25, 0.3) is 11.3 Å². The van der Waals surface area contributed by atoms with E-state index in [0.29, 0.717) is 10.9 Å². The molecule has 3 rings (SSSR count). The summed E-state index contributed by atoms with van der Waals surface area (Å²) < 4.78 is 24.7. The molecule has 0 aliphatic carbocycles. The van der Waals surface area contributed by atoms with Gasteiger partial charge in [-0.25, -0.2) is 8.42 Å². The van der Waals surface area contributed by atoms with Crippen LogP contribution in [0.5, 0.6) is 0 Å². The molecule has 1 aromatic carbocycles. The van der Waals surface area contributed by atoms with Crippen molar-refractivity contribution >= 4 is 9.84 Å². The van der Waals surface area contributed by atoms with Gasteiger partial charge in [-0.15, -0.1) is 5.10 Å². The highest BCUT2D eigenvalue weighted by Crippen LogP contribution is 2.19. The van der Waals surface area contributed by atoms with E-state index in [-0.39, 0.29) is 0 Å². The van der Waals surface area contributed by atoms with Gasteiger partial charge < -0.3 is 5.32 Å². The molecule has 1 fully saturated rings. The Bertz CT molecular complexity index is 716. The number of hydrogen-bond donors (Lipinski definition) is 1. The van der Waals surface area contributed by atoms with E-state index in [1.54, 1.807) is 24.3 Å². The number of benzene rings is 1. The summed E-state index contributed by atoms with van der Waals surface area (Å²) in [7, 11) is -3.16. The van der Waals surface area contributed by atoms with E-state index < -0.39 is 9.84 Å². The quantitative estimate of drug-likeness (QED) is 0.915. The number of rotatable bonds is 4. The topological polar surface area (TPSA) is 76.9 Å². The molecule has 6 nitrogen and oxygen atoms in total. The van der Waals surface area contributed by atoms with Gasteiger partial charge in [0.1, 0.15) is 5.69 Å². The zero-order chi connectivity index (χ0) is 14.9. The summed E-state index contributed by atoms with van der Waals surface area (Å²) in [6.07, 6.45) is 5.47. The van der Waals surface area contributed by atoms with Crippen LogP contribution in [0.2, 0.25) is 0 Å². The molecule has 2 heterocycles. The second-order valence-corrected chi connectivity index (χ2v) is 7.43. The van der Waals surface area contributed by atoms with Gasteiger partial charge in [-0.1, -0.05) is 17.3 Å². The maximum absolute atomic E-state index is 11.4. The summed E-state index contributed by atoms with van der Waals surface area (Å²) in [6.45, 7) is 1.88. The van der Waals surface area contributed by atoms with Crippen LogP contribution < -0.4 is 5.32 Å². The molecule has 0 bridgehead atoms. The minimum atomic E-state index is -3.16. The molecular formula is C14H18N4O2S. The molecule has 0 spiro atoms. The molecule has 1 unspecified atom stereocenters. The molecule has 1 atom stereocenters. The first-order chi connectivity index (χ1) is 10.0. The Morgan fingerprint density at radius 2 is 2.10 bits per heavy atom. The summed E-state index contributed by atoms with van der Waals surface area (Å²) in [5.74, 6) is 0. The minimum Gasteiger partial charge on any atom is -0.312 e. The SMILES string of the molecule is CS(=O)(=O)c1ccc(-c2cn(CC3CCCN3)nn2)cc1. The molecule has 0 amide bonds. The van der Waals surface area contributed by atoms with Gasteiger partial charge in [0, 0.05) is 17.9 Å². The molecule has 1 saturated heterocycles. The van der Waals surface area contributed by atoms with Gasteiger partial charge in [0.25, 0.3) is 0 Å². The van der Waals surface area contributed by atoms with Gasteiger partial charge in [0.2, 0.25) is 0 Å². The van der Waals surface area contributed by atoms with Crippen molar-refractivity contribution in [1.82, 2.24) is 20.3 Å². The first-order valence-electron chi connectivity index (χ1n) is 6.96. The monoisotopic (exact) mass is 306 g/mol.